The van der Waals surface area contributed by atoms with Gasteiger partial charge in [-0.15, -0.1) is 0 Å². The molecule has 0 rings (SSSR count). The third-order valence-electron chi connectivity index (χ3n) is 0.648. The van der Waals surface area contributed by atoms with Gasteiger partial charge in [-0.1, -0.05) is 0 Å². The Hall–Kier alpha value is 0.0827. The first kappa shape index (κ1) is 12.7. The van der Waals surface area contributed by atoms with Crippen LogP contribution in [0.25, 0.3) is 0 Å². The van der Waals surface area contributed by atoms with Crippen LogP contribution in [0.2, 0.25) is 0 Å². The number of carboxylic acids is 1. The molecule has 0 aromatic rings. The molecule has 0 amide bonds. The first-order chi connectivity index (χ1) is 4.04. The summed E-state index contributed by atoms with van der Waals surface area (Å²) in [6, 6.07) is 0. The van der Waals surface area contributed by atoms with Gasteiger partial charge in [0, 0.05) is 38.2 Å². The van der Waals surface area contributed by atoms with Gasteiger partial charge in [-0.05, 0) is 6.92 Å². The smallest absolute Gasteiger partial charge is 0.372 e. The second-order valence-corrected chi connectivity index (χ2v) is 1.61. The molecule has 0 aliphatic carbocycles. The Morgan fingerprint density at radius 1 is 1.30 bits per heavy atom. The van der Waals surface area contributed by atoms with Gasteiger partial charge >= 0.3 is 5.97 Å². The van der Waals surface area contributed by atoms with E-state index in [1.54, 1.807) is 0 Å². The van der Waals surface area contributed by atoms with Gasteiger partial charge in [-0.2, -0.15) is 0 Å². The molecule has 0 aliphatic heterocycles. The Bertz CT molecular complexity index is 163. The van der Waals surface area contributed by atoms with E-state index in [2.05, 4.69) is 0 Å². The average Bonchev–Trinajstić information content (AvgIpc) is 1.63. The molecular weight excluding hydrogens is 287 g/mol. The SMILES string of the molecule is CC(=O)CC(=O)C(=O)O.[Dy]. The Kier molecular flexibility index (Phi) is 7.43. The third-order valence-corrected chi connectivity index (χ3v) is 0.648. The number of aliphatic carboxylic acids is 1. The van der Waals surface area contributed by atoms with Gasteiger partial charge in [0.1, 0.15) is 5.78 Å². The molecular formula is C5H6DyO4. The minimum absolute atomic E-state index is 0. The van der Waals surface area contributed by atoms with Crippen LogP contribution in [0.15, 0.2) is 0 Å². The van der Waals surface area contributed by atoms with Crippen LogP contribution in [0.4, 0.5) is 0 Å². The fourth-order valence-electron chi connectivity index (χ4n) is 0.302. The standard InChI is InChI=1S/C5H6O4.Dy/c1-3(6)2-4(7)5(8)9;/h2H2,1H3,(H,8,9);. The van der Waals surface area contributed by atoms with Crippen LogP contribution in [0, 0.1) is 38.2 Å². The van der Waals surface area contributed by atoms with E-state index < -0.39 is 24.0 Å². The molecule has 0 aromatic heterocycles. The van der Waals surface area contributed by atoms with Crippen LogP contribution in [-0.2, 0) is 14.4 Å². The Morgan fingerprint density at radius 2 is 1.70 bits per heavy atom. The van der Waals surface area contributed by atoms with Gasteiger partial charge < -0.3 is 5.11 Å². The normalized spacial score (nSPS) is 7.70. The molecule has 0 aliphatic rings. The molecule has 0 atom stereocenters. The first-order valence-corrected chi connectivity index (χ1v) is 2.29. The maximum Gasteiger partial charge on any atom is 0.372 e. The van der Waals surface area contributed by atoms with E-state index in [0.29, 0.717) is 0 Å². The molecule has 0 heterocycles. The van der Waals surface area contributed by atoms with E-state index >= 15 is 0 Å². The van der Waals surface area contributed by atoms with Crippen molar-refractivity contribution in [2.45, 2.75) is 13.3 Å². The van der Waals surface area contributed by atoms with Crippen LogP contribution in [-0.4, -0.2) is 22.6 Å². The van der Waals surface area contributed by atoms with Crippen molar-refractivity contribution in [3.8, 4) is 0 Å². The molecule has 0 radical (unpaired) electrons. The molecule has 60 valence electrons. The zero-order valence-corrected chi connectivity index (χ0v) is 7.22. The summed E-state index contributed by atoms with van der Waals surface area (Å²) in [5, 5.41) is 7.93. The first-order valence-electron chi connectivity index (χ1n) is 2.29. The van der Waals surface area contributed by atoms with E-state index in [4.69, 9.17) is 5.11 Å². The molecule has 0 aromatic carbocycles. The molecule has 4 nitrogen and oxygen atoms in total. The monoisotopic (exact) mass is 294 g/mol. The van der Waals surface area contributed by atoms with Crippen LogP contribution < -0.4 is 0 Å². The van der Waals surface area contributed by atoms with Crippen LogP contribution >= 0.6 is 0 Å². The van der Waals surface area contributed by atoms with Crippen molar-refractivity contribution in [3.05, 3.63) is 0 Å². The zero-order chi connectivity index (χ0) is 7.44. The predicted molar refractivity (Wildman–Crippen MR) is 27.9 cm³/mol. The Labute approximate surface area is 88.0 Å². The fraction of sp³-hybridized carbons (Fsp3) is 0.400. The van der Waals surface area contributed by atoms with Gasteiger partial charge in [0.15, 0.2) is 0 Å². The zero-order valence-electron chi connectivity index (χ0n) is 5.20. The van der Waals surface area contributed by atoms with Crippen LogP contribution in [0.5, 0.6) is 0 Å². The van der Waals surface area contributed by atoms with Gasteiger partial charge in [0.2, 0.25) is 5.78 Å². The van der Waals surface area contributed by atoms with Crippen molar-refractivity contribution in [1.29, 1.82) is 0 Å². The molecule has 10 heavy (non-hydrogen) atoms. The van der Waals surface area contributed by atoms with Crippen molar-refractivity contribution < 1.29 is 57.7 Å². The van der Waals surface area contributed by atoms with E-state index in [9.17, 15) is 14.4 Å². The number of carbonyl (C=O) groups excluding carboxylic acids is 2. The van der Waals surface area contributed by atoms with E-state index in [-0.39, 0.29) is 38.2 Å². The third kappa shape index (κ3) is 6.21. The van der Waals surface area contributed by atoms with Crippen molar-refractivity contribution in [2.75, 3.05) is 0 Å². The summed E-state index contributed by atoms with van der Waals surface area (Å²) in [5.74, 6) is -3.03. The predicted octanol–water partition coefficient (Wildman–Crippen LogP) is -0.381. The maximum atomic E-state index is 10.1. The Morgan fingerprint density at radius 3 is 1.80 bits per heavy atom. The number of Topliss-reactive ketones (excluding diaryl/α,β-unsaturated/α-hetero) is 2. The van der Waals surface area contributed by atoms with Crippen molar-refractivity contribution in [2.24, 2.45) is 0 Å². The molecule has 1 N–H and O–H groups in total. The van der Waals surface area contributed by atoms with E-state index in [1.807, 2.05) is 0 Å². The molecule has 0 fully saturated rings. The molecule has 0 saturated heterocycles. The number of carbonyl (C=O) groups is 3. The molecule has 0 spiro atoms. The molecule has 0 unspecified atom stereocenters. The molecule has 0 bridgehead atoms. The number of carboxylic acid groups (broad SMARTS) is 1. The second kappa shape index (κ2) is 5.84. The van der Waals surface area contributed by atoms with Gasteiger partial charge in [0.25, 0.3) is 0 Å². The number of hydrogen-bond acceptors (Lipinski definition) is 3. The van der Waals surface area contributed by atoms with E-state index in [0.717, 1.165) is 0 Å². The average molecular weight is 293 g/mol. The number of rotatable bonds is 3. The van der Waals surface area contributed by atoms with Gasteiger partial charge in [0.05, 0.1) is 6.42 Å². The largest absolute Gasteiger partial charge is 0.475 e. The number of hydrogen-bond donors (Lipinski definition) is 1. The summed E-state index contributed by atoms with van der Waals surface area (Å²) < 4.78 is 0. The summed E-state index contributed by atoms with van der Waals surface area (Å²) in [4.78, 5) is 29.9. The van der Waals surface area contributed by atoms with Crippen LogP contribution in [0.3, 0.4) is 0 Å². The van der Waals surface area contributed by atoms with Gasteiger partial charge in [-0.3, -0.25) is 9.59 Å². The van der Waals surface area contributed by atoms with Gasteiger partial charge in [-0.25, -0.2) is 4.79 Å². The molecule has 0 saturated carbocycles. The summed E-state index contributed by atoms with van der Waals surface area (Å²) in [6.07, 6.45) is -0.505. The summed E-state index contributed by atoms with van der Waals surface area (Å²) in [5.41, 5.74) is 0. The van der Waals surface area contributed by atoms with E-state index in [1.165, 1.54) is 6.92 Å². The van der Waals surface area contributed by atoms with Crippen molar-refractivity contribution in [1.82, 2.24) is 0 Å². The van der Waals surface area contributed by atoms with Crippen molar-refractivity contribution in [3.63, 3.8) is 0 Å². The fourth-order valence-corrected chi connectivity index (χ4v) is 0.302. The second-order valence-electron chi connectivity index (χ2n) is 1.61. The Balaban J connectivity index is 0. The summed E-state index contributed by atoms with van der Waals surface area (Å²) in [7, 11) is 0. The quantitative estimate of drug-likeness (QED) is 0.568. The minimum atomic E-state index is -1.55. The summed E-state index contributed by atoms with van der Waals surface area (Å²) >= 11 is 0. The maximum absolute atomic E-state index is 10.1. The number of ketones is 2. The molecule has 5 heteroatoms. The topological polar surface area (TPSA) is 71.4 Å². The summed E-state index contributed by atoms with van der Waals surface area (Å²) in [6.45, 7) is 1.17. The van der Waals surface area contributed by atoms with Crippen LogP contribution in [0.1, 0.15) is 13.3 Å². The van der Waals surface area contributed by atoms with Crippen molar-refractivity contribution >= 4 is 17.5 Å². The minimum Gasteiger partial charge on any atom is -0.475 e.